The van der Waals surface area contributed by atoms with E-state index >= 15 is 0 Å². The number of ether oxygens (including phenoxy) is 1. The lowest BCUT2D eigenvalue weighted by Gasteiger charge is -2.10. The number of hydrogen-bond acceptors (Lipinski definition) is 5. The molecule has 4 nitrogen and oxygen atoms in total. The van der Waals surface area contributed by atoms with Gasteiger partial charge in [0.2, 0.25) is 5.13 Å². The Kier molecular flexibility index (Phi) is 3.38. The van der Waals surface area contributed by atoms with E-state index < -0.39 is 0 Å². The van der Waals surface area contributed by atoms with Gasteiger partial charge in [0.05, 0.1) is 6.54 Å². The van der Waals surface area contributed by atoms with Crippen LogP contribution in [0.3, 0.4) is 0 Å². The van der Waals surface area contributed by atoms with E-state index in [9.17, 15) is 0 Å². The van der Waals surface area contributed by atoms with Crippen molar-refractivity contribution in [2.75, 3.05) is 11.9 Å². The molecule has 0 bridgehead atoms. The summed E-state index contributed by atoms with van der Waals surface area (Å²) in [5, 5.41) is 4.19. The number of rotatable bonds is 4. The molecule has 3 rings (SSSR count). The second-order valence-corrected chi connectivity index (χ2v) is 5.80. The minimum atomic E-state index is 0.184. The Morgan fingerprint density at radius 2 is 2.26 bits per heavy atom. The normalized spacial score (nSPS) is 17.3. The van der Waals surface area contributed by atoms with Crippen LogP contribution >= 0.6 is 11.5 Å². The minimum absolute atomic E-state index is 0.184. The van der Waals surface area contributed by atoms with Crippen LogP contribution in [0, 0.1) is 0 Å². The molecule has 19 heavy (non-hydrogen) atoms. The average Bonchev–Trinajstić information content (AvgIpc) is 3.02. The van der Waals surface area contributed by atoms with Crippen molar-refractivity contribution in [1.29, 1.82) is 0 Å². The SMILES string of the molecule is CC(C)c1nsc(NCC2Cc3ccccc3O2)n1. The number of para-hydroxylation sites is 1. The second kappa shape index (κ2) is 5.17. The molecule has 1 unspecified atom stereocenters. The summed E-state index contributed by atoms with van der Waals surface area (Å²) in [5.74, 6) is 2.29. The predicted octanol–water partition coefficient (Wildman–Crippen LogP) is 3.08. The van der Waals surface area contributed by atoms with Crippen LogP contribution in [-0.4, -0.2) is 22.0 Å². The molecule has 100 valence electrons. The zero-order valence-electron chi connectivity index (χ0n) is 11.1. The average molecular weight is 275 g/mol. The highest BCUT2D eigenvalue weighted by atomic mass is 32.1. The molecule has 1 N–H and O–H groups in total. The lowest BCUT2D eigenvalue weighted by Crippen LogP contribution is -2.23. The maximum Gasteiger partial charge on any atom is 0.202 e. The molecule has 0 saturated carbocycles. The van der Waals surface area contributed by atoms with E-state index in [4.69, 9.17) is 4.74 Å². The monoisotopic (exact) mass is 275 g/mol. The van der Waals surface area contributed by atoms with E-state index in [0.29, 0.717) is 5.92 Å². The summed E-state index contributed by atoms with van der Waals surface area (Å²) in [4.78, 5) is 4.46. The van der Waals surface area contributed by atoms with Crippen LogP contribution in [0.1, 0.15) is 31.2 Å². The first-order valence-electron chi connectivity index (χ1n) is 6.54. The van der Waals surface area contributed by atoms with Crippen LogP contribution in [0.2, 0.25) is 0 Å². The summed E-state index contributed by atoms with van der Waals surface area (Å²) in [6.45, 7) is 4.96. The van der Waals surface area contributed by atoms with E-state index in [1.54, 1.807) is 0 Å². The van der Waals surface area contributed by atoms with Gasteiger partial charge in [-0.2, -0.15) is 4.37 Å². The van der Waals surface area contributed by atoms with Crippen molar-refractivity contribution in [1.82, 2.24) is 9.36 Å². The van der Waals surface area contributed by atoms with Crippen molar-refractivity contribution in [3.8, 4) is 5.75 Å². The first kappa shape index (κ1) is 12.4. The number of nitrogens with zero attached hydrogens (tertiary/aromatic N) is 2. The molecule has 0 amide bonds. The Labute approximate surface area is 117 Å². The molecule has 5 heteroatoms. The van der Waals surface area contributed by atoms with Gasteiger partial charge in [-0.05, 0) is 11.6 Å². The molecule has 0 radical (unpaired) electrons. The highest BCUT2D eigenvalue weighted by molar-refractivity contribution is 7.09. The van der Waals surface area contributed by atoms with Crippen molar-refractivity contribution < 1.29 is 4.74 Å². The van der Waals surface area contributed by atoms with Gasteiger partial charge in [-0.25, -0.2) is 4.98 Å². The predicted molar refractivity (Wildman–Crippen MR) is 77.0 cm³/mol. The topological polar surface area (TPSA) is 47.0 Å². The van der Waals surface area contributed by atoms with Crippen molar-refractivity contribution >= 4 is 16.7 Å². The zero-order valence-corrected chi connectivity index (χ0v) is 11.9. The van der Waals surface area contributed by atoms with E-state index in [1.807, 2.05) is 12.1 Å². The molecule has 2 heterocycles. The van der Waals surface area contributed by atoms with Gasteiger partial charge in [0.1, 0.15) is 17.7 Å². The summed E-state index contributed by atoms with van der Waals surface area (Å²) in [6.07, 6.45) is 1.14. The zero-order chi connectivity index (χ0) is 13.2. The van der Waals surface area contributed by atoms with Crippen LogP contribution in [0.4, 0.5) is 5.13 Å². The maximum atomic E-state index is 5.88. The van der Waals surface area contributed by atoms with Gasteiger partial charge in [0.25, 0.3) is 0 Å². The minimum Gasteiger partial charge on any atom is -0.488 e. The molecule has 1 aromatic heterocycles. The third-order valence-corrected chi connectivity index (χ3v) is 3.84. The van der Waals surface area contributed by atoms with E-state index in [1.165, 1.54) is 17.1 Å². The van der Waals surface area contributed by atoms with Crippen LogP contribution in [0.15, 0.2) is 24.3 Å². The third kappa shape index (κ3) is 2.71. The van der Waals surface area contributed by atoms with Crippen LogP contribution in [0.25, 0.3) is 0 Å². The molecule has 0 fully saturated rings. The van der Waals surface area contributed by atoms with E-state index in [0.717, 1.165) is 29.7 Å². The fourth-order valence-corrected chi connectivity index (χ4v) is 2.82. The number of anilines is 1. The highest BCUT2D eigenvalue weighted by Crippen LogP contribution is 2.28. The molecule has 1 aliphatic heterocycles. The Hall–Kier alpha value is -1.62. The number of fused-ring (bicyclic) bond motifs is 1. The highest BCUT2D eigenvalue weighted by Gasteiger charge is 2.22. The summed E-state index contributed by atoms with van der Waals surface area (Å²) >= 11 is 1.42. The van der Waals surface area contributed by atoms with Gasteiger partial charge in [0, 0.05) is 23.9 Å². The van der Waals surface area contributed by atoms with Crippen molar-refractivity contribution in [3.05, 3.63) is 35.7 Å². The smallest absolute Gasteiger partial charge is 0.202 e. The fourth-order valence-electron chi connectivity index (χ4n) is 2.11. The van der Waals surface area contributed by atoms with Gasteiger partial charge >= 0.3 is 0 Å². The van der Waals surface area contributed by atoms with Gasteiger partial charge in [0.15, 0.2) is 0 Å². The van der Waals surface area contributed by atoms with E-state index in [-0.39, 0.29) is 6.10 Å². The first-order chi connectivity index (χ1) is 9.22. The summed E-state index contributed by atoms with van der Waals surface area (Å²) in [6, 6.07) is 8.21. The molecule has 0 spiro atoms. The number of nitrogens with one attached hydrogen (secondary N) is 1. The lowest BCUT2D eigenvalue weighted by molar-refractivity contribution is 0.246. The summed E-state index contributed by atoms with van der Waals surface area (Å²) < 4.78 is 10.2. The molecule has 0 saturated heterocycles. The van der Waals surface area contributed by atoms with E-state index in [2.05, 4.69) is 40.7 Å². The van der Waals surface area contributed by atoms with Crippen LogP contribution < -0.4 is 10.1 Å². The second-order valence-electron chi connectivity index (χ2n) is 5.05. The Morgan fingerprint density at radius 1 is 1.42 bits per heavy atom. The Balaban J connectivity index is 1.56. The lowest BCUT2D eigenvalue weighted by atomic mass is 10.1. The van der Waals surface area contributed by atoms with Crippen LogP contribution in [0.5, 0.6) is 5.75 Å². The number of hydrogen-bond donors (Lipinski definition) is 1. The maximum absolute atomic E-state index is 5.88. The largest absolute Gasteiger partial charge is 0.488 e. The van der Waals surface area contributed by atoms with Crippen molar-refractivity contribution in [2.45, 2.75) is 32.3 Å². The van der Waals surface area contributed by atoms with Crippen LogP contribution in [-0.2, 0) is 6.42 Å². The molecule has 1 aliphatic rings. The van der Waals surface area contributed by atoms with Gasteiger partial charge in [-0.15, -0.1) is 0 Å². The molecule has 0 aliphatic carbocycles. The summed E-state index contributed by atoms with van der Waals surface area (Å²) in [7, 11) is 0. The first-order valence-corrected chi connectivity index (χ1v) is 7.32. The number of aromatic nitrogens is 2. The third-order valence-electron chi connectivity index (χ3n) is 3.15. The summed E-state index contributed by atoms with van der Waals surface area (Å²) in [5.41, 5.74) is 1.29. The van der Waals surface area contributed by atoms with Gasteiger partial charge < -0.3 is 10.1 Å². The standard InChI is InChI=1S/C14H17N3OS/c1-9(2)13-16-14(19-17-13)15-8-11-7-10-5-3-4-6-12(10)18-11/h3-6,9,11H,7-8H2,1-2H3,(H,15,16,17). The molecule has 1 aromatic carbocycles. The Morgan fingerprint density at radius 3 is 3.00 bits per heavy atom. The van der Waals surface area contributed by atoms with Crippen molar-refractivity contribution in [2.24, 2.45) is 0 Å². The fraction of sp³-hybridized carbons (Fsp3) is 0.429. The number of benzene rings is 1. The molecular formula is C14H17N3OS. The van der Waals surface area contributed by atoms with Gasteiger partial charge in [-0.3, -0.25) is 0 Å². The Bertz CT molecular complexity index is 542. The van der Waals surface area contributed by atoms with Gasteiger partial charge in [-0.1, -0.05) is 32.0 Å². The van der Waals surface area contributed by atoms with Crippen molar-refractivity contribution in [3.63, 3.8) is 0 Å². The molecule has 1 atom stereocenters. The molecule has 2 aromatic rings. The quantitative estimate of drug-likeness (QED) is 0.931. The molecular weight excluding hydrogens is 258 g/mol.